The van der Waals surface area contributed by atoms with Crippen molar-refractivity contribution in [1.29, 1.82) is 0 Å². The van der Waals surface area contributed by atoms with Crippen molar-refractivity contribution in [2.45, 2.75) is 38.6 Å². The molecule has 142 valence electrons. The first-order valence-corrected chi connectivity index (χ1v) is 9.57. The van der Waals surface area contributed by atoms with Crippen molar-refractivity contribution < 1.29 is 9.47 Å². The Morgan fingerprint density at radius 1 is 1.22 bits per heavy atom. The van der Waals surface area contributed by atoms with Crippen LogP contribution in [0.1, 0.15) is 24.8 Å². The van der Waals surface area contributed by atoms with E-state index in [1.54, 1.807) is 6.33 Å². The summed E-state index contributed by atoms with van der Waals surface area (Å²) in [6, 6.07) is 10.1. The van der Waals surface area contributed by atoms with Gasteiger partial charge in [0.25, 0.3) is 0 Å². The molecule has 7 nitrogen and oxygen atoms in total. The largest absolute Gasteiger partial charge is 0.364 e. The summed E-state index contributed by atoms with van der Waals surface area (Å²) in [6.45, 7) is 2.57. The molecule has 1 aliphatic rings. The number of hydrogen-bond donors (Lipinski definition) is 1. The first kappa shape index (κ1) is 18.2. The molecule has 8 heteroatoms. The molecule has 0 spiro atoms. The number of benzene rings is 1. The summed E-state index contributed by atoms with van der Waals surface area (Å²) in [5.41, 5.74) is 2.55. The number of nitrogens with one attached hydrogen (secondary N) is 1. The Kier molecular flexibility index (Phi) is 5.81. The van der Waals surface area contributed by atoms with E-state index in [0.29, 0.717) is 36.7 Å². The lowest BCUT2D eigenvalue weighted by molar-refractivity contribution is -0.163. The van der Waals surface area contributed by atoms with Gasteiger partial charge in [-0.2, -0.15) is 9.97 Å². The predicted molar refractivity (Wildman–Crippen MR) is 104 cm³/mol. The van der Waals surface area contributed by atoms with Crippen molar-refractivity contribution in [1.82, 2.24) is 19.5 Å². The maximum absolute atomic E-state index is 6.14. The van der Waals surface area contributed by atoms with Crippen molar-refractivity contribution in [3.8, 4) is 0 Å². The highest BCUT2D eigenvalue weighted by Gasteiger charge is 2.15. The minimum absolute atomic E-state index is 0.102. The molecule has 2 aromatic heterocycles. The number of imidazole rings is 1. The Bertz CT molecular complexity index is 880. The average Bonchev–Trinajstić information content (AvgIpc) is 3.11. The quantitative estimate of drug-likeness (QED) is 0.624. The molecule has 1 fully saturated rings. The molecule has 0 amide bonds. The fraction of sp³-hybridized carbons (Fsp3) is 0.421. The average molecular weight is 388 g/mol. The summed E-state index contributed by atoms with van der Waals surface area (Å²) < 4.78 is 13.3. The number of anilines is 1. The first-order valence-electron chi connectivity index (χ1n) is 9.19. The smallest absolute Gasteiger partial charge is 0.226 e. The van der Waals surface area contributed by atoms with Crippen LogP contribution < -0.4 is 5.32 Å². The van der Waals surface area contributed by atoms with E-state index in [0.717, 1.165) is 31.4 Å². The van der Waals surface area contributed by atoms with Crippen molar-refractivity contribution >= 4 is 28.6 Å². The van der Waals surface area contributed by atoms with Gasteiger partial charge in [-0.25, -0.2) is 4.98 Å². The number of aromatic nitrogens is 4. The van der Waals surface area contributed by atoms with Crippen molar-refractivity contribution in [3.05, 3.63) is 47.5 Å². The fourth-order valence-corrected chi connectivity index (χ4v) is 3.28. The number of halogens is 1. The molecule has 1 aromatic carbocycles. The van der Waals surface area contributed by atoms with E-state index in [4.69, 9.17) is 21.1 Å². The Morgan fingerprint density at radius 3 is 2.93 bits per heavy atom. The van der Waals surface area contributed by atoms with Gasteiger partial charge in [0.15, 0.2) is 23.3 Å². The molecule has 1 unspecified atom stereocenters. The van der Waals surface area contributed by atoms with Crippen LogP contribution >= 0.6 is 11.6 Å². The Morgan fingerprint density at radius 2 is 2.11 bits per heavy atom. The third kappa shape index (κ3) is 4.55. The second-order valence-electron chi connectivity index (χ2n) is 6.46. The van der Waals surface area contributed by atoms with Crippen LogP contribution in [-0.4, -0.2) is 39.0 Å². The number of fused-ring (bicyclic) bond motifs is 1. The zero-order chi connectivity index (χ0) is 18.5. The molecular weight excluding hydrogens is 366 g/mol. The van der Waals surface area contributed by atoms with Gasteiger partial charge in [-0.3, -0.25) is 0 Å². The normalized spacial score (nSPS) is 17.3. The van der Waals surface area contributed by atoms with Gasteiger partial charge < -0.3 is 19.4 Å². The molecule has 1 N–H and O–H groups in total. The monoisotopic (exact) mass is 387 g/mol. The SMILES string of the molecule is Clc1nc(NCc2ccccc2)c2ncn(CCOC3CCCCO3)c2n1. The lowest BCUT2D eigenvalue weighted by Gasteiger charge is -2.22. The molecule has 27 heavy (non-hydrogen) atoms. The first-order chi connectivity index (χ1) is 13.3. The summed E-state index contributed by atoms with van der Waals surface area (Å²) in [5, 5.41) is 3.49. The summed E-state index contributed by atoms with van der Waals surface area (Å²) in [7, 11) is 0. The minimum atomic E-state index is -0.102. The van der Waals surface area contributed by atoms with Crippen molar-refractivity contribution in [2.24, 2.45) is 0 Å². The summed E-state index contributed by atoms with van der Waals surface area (Å²) in [5.74, 6) is 0.629. The van der Waals surface area contributed by atoms with Crippen LogP contribution in [0, 0.1) is 0 Å². The molecule has 0 bridgehead atoms. The van der Waals surface area contributed by atoms with E-state index in [1.165, 1.54) is 0 Å². The topological polar surface area (TPSA) is 74.1 Å². The van der Waals surface area contributed by atoms with Crippen LogP contribution in [0.25, 0.3) is 11.2 Å². The highest BCUT2D eigenvalue weighted by Crippen LogP contribution is 2.22. The van der Waals surface area contributed by atoms with E-state index >= 15 is 0 Å². The number of rotatable bonds is 7. The van der Waals surface area contributed by atoms with Gasteiger partial charge >= 0.3 is 0 Å². The van der Waals surface area contributed by atoms with Gasteiger partial charge in [0.2, 0.25) is 5.28 Å². The van der Waals surface area contributed by atoms with Gasteiger partial charge in [0.1, 0.15) is 0 Å². The van der Waals surface area contributed by atoms with Crippen LogP contribution in [-0.2, 0) is 22.6 Å². The van der Waals surface area contributed by atoms with Crippen LogP contribution in [0.2, 0.25) is 5.28 Å². The predicted octanol–water partition coefficient (Wildman–Crippen LogP) is 3.64. The molecule has 0 radical (unpaired) electrons. The van der Waals surface area contributed by atoms with Crippen molar-refractivity contribution in [3.63, 3.8) is 0 Å². The number of hydrogen-bond acceptors (Lipinski definition) is 6. The molecule has 3 aromatic rings. The van der Waals surface area contributed by atoms with Crippen LogP contribution in [0.15, 0.2) is 36.7 Å². The zero-order valence-electron chi connectivity index (χ0n) is 15.0. The summed E-state index contributed by atoms with van der Waals surface area (Å²) in [4.78, 5) is 13.1. The Labute approximate surface area is 162 Å². The van der Waals surface area contributed by atoms with Crippen molar-refractivity contribution in [2.75, 3.05) is 18.5 Å². The number of ether oxygens (including phenoxy) is 2. The van der Waals surface area contributed by atoms with E-state index in [2.05, 4.69) is 32.4 Å². The molecule has 0 aliphatic carbocycles. The maximum Gasteiger partial charge on any atom is 0.226 e. The zero-order valence-corrected chi connectivity index (χ0v) is 15.7. The highest BCUT2D eigenvalue weighted by atomic mass is 35.5. The van der Waals surface area contributed by atoms with Crippen LogP contribution in [0.5, 0.6) is 0 Å². The molecule has 1 saturated heterocycles. The molecule has 1 aliphatic heterocycles. The molecular formula is C19H22ClN5O2. The Hall–Kier alpha value is -2.22. The van der Waals surface area contributed by atoms with E-state index in [1.807, 2.05) is 22.8 Å². The van der Waals surface area contributed by atoms with E-state index in [9.17, 15) is 0 Å². The van der Waals surface area contributed by atoms with Gasteiger partial charge in [-0.05, 0) is 36.4 Å². The third-order valence-electron chi connectivity index (χ3n) is 4.51. The molecule has 0 saturated carbocycles. The Balaban J connectivity index is 1.44. The van der Waals surface area contributed by atoms with E-state index < -0.39 is 0 Å². The maximum atomic E-state index is 6.14. The highest BCUT2D eigenvalue weighted by molar-refractivity contribution is 6.28. The minimum Gasteiger partial charge on any atom is -0.364 e. The fourth-order valence-electron chi connectivity index (χ4n) is 3.11. The second-order valence-corrected chi connectivity index (χ2v) is 6.80. The van der Waals surface area contributed by atoms with Gasteiger partial charge in [-0.15, -0.1) is 0 Å². The van der Waals surface area contributed by atoms with Crippen LogP contribution in [0.3, 0.4) is 0 Å². The lowest BCUT2D eigenvalue weighted by Crippen LogP contribution is -2.23. The van der Waals surface area contributed by atoms with Gasteiger partial charge in [0, 0.05) is 19.7 Å². The van der Waals surface area contributed by atoms with E-state index in [-0.39, 0.29) is 11.6 Å². The molecule has 1 atom stereocenters. The second kappa shape index (κ2) is 8.65. The molecule has 4 rings (SSSR count). The molecule has 3 heterocycles. The van der Waals surface area contributed by atoms with Gasteiger partial charge in [0.05, 0.1) is 12.9 Å². The number of nitrogens with zero attached hydrogens (tertiary/aromatic N) is 4. The standard InChI is InChI=1S/C19H22ClN5O2/c20-19-23-17(21-12-14-6-2-1-3-7-14)16-18(24-19)25(13-22-16)9-11-27-15-8-4-5-10-26-15/h1-3,6-7,13,15H,4-5,8-12H2,(H,21,23,24). The van der Waals surface area contributed by atoms with Crippen LogP contribution in [0.4, 0.5) is 5.82 Å². The lowest BCUT2D eigenvalue weighted by atomic mass is 10.2. The van der Waals surface area contributed by atoms with Gasteiger partial charge in [-0.1, -0.05) is 30.3 Å². The summed E-state index contributed by atoms with van der Waals surface area (Å²) >= 11 is 6.14. The summed E-state index contributed by atoms with van der Waals surface area (Å²) in [6.07, 6.45) is 4.86. The third-order valence-corrected chi connectivity index (χ3v) is 4.68.